The number of hydrogen-bond donors (Lipinski definition) is 0. The predicted molar refractivity (Wildman–Crippen MR) is 61.9 cm³/mol. The van der Waals surface area contributed by atoms with Crippen LogP contribution in [0.1, 0.15) is 0 Å². The van der Waals surface area contributed by atoms with E-state index in [1.54, 1.807) is 0 Å². The molecule has 19 heteroatoms. The minimum atomic E-state index is -7.90. The molecule has 0 rings (SSSR count). The summed E-state index contributed by atoms with van der Waals surface area (Å²) < 4.78 is 183. The van der Waals surface area contributed by atoms with Crippen molar-refractivity contribution in [3.63, 3.8) is 0 Å². The Balaban J connectivity index is 6.93. The van der Waals surface area contributed by atoms with Gasteiger partial charge in [-0.15, -0.1) is 0 Å². The van der Waals surface area contributed by atoms with Crippen LogP contribution in [0.3, 0.4) is 0 Å². The van der Waals surface area contributed by atoms with Gasteiger partial charge in [-0.25, -0.2) is 4.39 Å². The number of halogens is 18. The van der Waals surface area contributed by atoms with Gasteiger partial charge < -0.3 is 0 Å². The fraction of sp³-hybridized carbons (Fsp3) is 1.00. The van der Waals surface area contributed by atoms with Crippen LogP contribution in [0.2, 0.25) is 0 Å². The molecule has 0 amide bonds. The molecule has 0 aromatic heterocycles. The molecule has 0 bridgehead atoms. The van der Waals surface area contributed by atoms with Crippen LogP contribution in [-0.4, -0.2) is 45.1 Å². The van der Waals surface area contributed by atoms with E-state index in [4.69, 9.17) is 0 Å². The van der Waals surface area contributed by atoms with Crippen molar-refractivity contribution in [1.82, 2.24) is 0 Å². The zero-order chi connectivity index (χ0) is 22.7. The van der Waals surface area contributed by atoms with Crippen LogP contribution in [0.15, 0.2) is 0 Å². The van der Waals surface area contributed by atoms with Crippen LogP contribution in [-0.2, 0) is 4.74 Å². The van der Waals surface area contributed by atoms with E-state index in [9.17, 15) is 61.5 Å². The Labute approximate surface area is 158 Å². The molecule has 3 unspecified atom stereocenters. The van der Waals surface area contributed by atoms with E-state index >= 15 is 0 Å². The van der Waals surface area contributed by atoms with Crippen molar-refractivity contribution in [2.24, 2.45) is 0 Å². The van der Waals surface area contributed by atoms with Crippen molar-refractivity contribution in [2.45, 2.75) is 45.1 Å². The van der Waals surface area contributed by atoms with Gasteiger partial charge in [0.15, 0.2) is 0 Å². The molecule has 1 nitrogen and oxygen atoms in total. The summed E-state index contributed by atoms with van der Waals surface area (Å²) in [4.78, 5) is 0. The minimum Gasteiger partial charge on any atom is -0.280 e. The second-order valence-electron chi connectivity index (χ2n) is 4.43. The fourth-order valence-electron chi connectivity index (χ4n) is 1.12. The molecular formula is C8Cl4F14O. The third-order valence-corrected chi connectivity index (χ3v) is 4.00. The Morgan fingerprint density at radius 1 is 0.481 bits per heavy atom. The number of ether oxygens (including phenoxy) is 1. The van der Waals surface area contributed by atoms with Gasteiger partial charge in [-0.2, -0.15) is 57.1 Å². The predicted octanol–water partition coefficient (Wildman–Crippen LogP) is 6.93. The zero-order valence-electron chi connectivity index (χ0n) is 11.2. The maximum Gasteiger partial charge on any atom is 0.459 e. The van der Waals surface area contributed by atoms with Crippen LogP contribution in [0.4, 0.5) is 61.5 Å². The molecule has 164 valence electrons. The van der Waals surface area contributed by atoms with Crippen LogP contribution in [0.25, 0.3) is 0 Å². The van der Waals surface area contributed by atoms with Gasteiger partial charge in [0.1, 0.15) is 0 Å². The number of hydrogen-bond acceptors (Lipinski definition) is 1. The molecule has 0 aromatic rings. The molecular weight excluding hydrogens is 520 g/mol. The molecule has 0 fully saturated rings. The first-order chi connectivity index (χ1) is 11.2. The van der Waals surface area contributed by atoms with Gasteiger partial charge in [-0.05, 0) is 34.8 Å². The van der Waals surface area contributed by atoms with Crippen molar-refractivity contribution in [2.75, 3.05) is 0 Å². The maximum absolute atomic E-state index is 14.0. The molecule has 0 saturated heterocycles. The molecule has 27 heavy (non-hydrogen) atoms. The average Bonchev–Trinajstić information content (AvgIpc) is 2.33. The molecule has 0 aliphatic heterocycles. The molecule has 0 aromatic carbocycles. The highest BCUT2D eigenvalue weighted by molar-refractivity contribution is 6.33. The third kappa shape index (κ3) is 4.21. The summed E-state index contributed by atoms with van der Waals surface area (Å²) in [7, 11) is 0. The monoisotopic (exact) mass is 518 g/mol. The normalized spacial score (nSPS) is 22.0. The second kappa shape index (κ2) is 6.84. The number of alkyl halides is 18. The Morgan fingerprint density at radius 3 is 1.04 bits per heavy atom. The standard InChI is InChI=1S/C8Cl4F14O/c9-1(13,5(10,19)20)2(14,15)4(18,3(16,17)8(24,25)26)27-7(12,23)6(11,21)22. The zero-order valence-corrected chi connectivity index (χ0v) is 14.2. The van der Waals surface area contributed by atoms with Gasteiger partial charge >= 0.3 is 45.1 Å². The van der Waals surface area contributed by atoms with Crippen LogP contribution in [0.5, 0.6) is 0 Å². The highest BCUT2D eigenvalue weighted by Gasteiger charge is 2.91. The van der Waals surface area contributed by atoms with Crippen molar-refractivity contribution in [3.8, 4) is 0 Å². The third-order valence-electron chi connectivity index (χ3n) is 2.51. The van der Waals surface area contributed by atoms with Gasteiger partial charge in [-0.3, -0.25) is 4.74 Å². The summed E-state index contributed by atoms with van der Waals surface area (Å²) in [5, 5.41) is -25.3. The lowest BCUT2D eigenvalue weighted by atomic mass is 9.97. The highest BCUT2D eigenvalue weighted by Crippen LogP contribution is 2.63. The van der Waals surface area contributed by atoms with E-state index < -0.39 is 45.1 Å². The topological polar surface area (TPSA) is 9.23 Å². The van der Waals surface area contributed by atoms with Gasteiger partial charge in [-0.1, -0.05) is 11.6 Å². The Bertz CT molecular complexity index is 549. The van der Waals surface area contributed by atoms with Gasteiger partial charge in [0, 0.05) is 0 Å². The van der Waals surface area contributed by atoms with E-state index in [0.717, 1.165) is 0 Å². The number of rotatable bonds is 7. The van der Waals surface area contributed by atoms with Gasteiger partial charge in [0.2, 0.25) is 0 Å². The second-order valence-corrected chi connectivity index (χ2v) is 6.39. The SMILES string of the molecule is FC(F)(F)C(F)(F)C(F)(OC(F)(Cl)C(F)(F)Cl)C(F)(F)C(F)(Cl)C(F)(F)Cl. The quantitative estimate of drug-likeness (QED) is 0.262. The summed E-state index contributed by atoms with van der Waals surface area (Å²) in [6.45, 7) is 0. The Hall–Kier alpha value is 0.140. The van der Waals surface area contributed by atoms with E-state index in [0.29, 0.717) is 0 Å². The molecule has 0 spiro atoms. The Kier molecular flexibility index (Phi) is 6.88. The molecule has 0 heterocycles. The molecule has 0 N–H and O–H groups in total. The van der Waals surface area contributed by atoms with E-state index in [1.165, 1.54) is 0 Å². The minimum absolute atomic E-state index is 1.94. The lowest BCUT2D eigenvalue weighted by Gasteiger charge is -2.44. The summed E-state index contributed by atoms with van der Waals surface area (Å²) in [6.07, 6.45) is -7.62. The summed E-state index contributed by atoms with van der Waals surface area (Å²) in [5.74, 6) is -23.4. The van der Waals surface area contributed by atoms with E-state index in [1.807, 2.05) is 4.74 Å². The van der Waals surface area contributed by atoms with E-state index in [2.05, 4.69) is 46.4 Å². The van der Waals surface area contributed by atoms with Gasteiger partial charge in [0.25, 0.3) is 0 Å². The fourth-order valence-corrected chi connectivity index (χ4v) is 1.51. The van der Waals surface area contributed by atoms with Crippen LogP contribution in [0, 0.1) is 0 Å². The first kappa shape index (κ1) is 27.1. The van der Waals surface area contributed by atoms with E-state index in [-0.39, 0.29) is 0 Å². The smallest absolute Gasteiger partial charge is 0.280 e. The molecule has 0 aliphatic carbocycles. The lowest BCUT2D eigenvalue weighted by Crippen LogP contribution is -2.73. The first-order valence-corrected chi connectivity index (χ1v) is 6.82. The molecule has 3 atom stereocenters. The van der Waals surface area contributed by atoms with Gasteiger partial charge in [0.05, 0.1) is 0 Å². The summed E-state index contributed by atoms with van der Waals surface area (Å²) >= 11 is 15.1. The highest BCUT2D eigenvalue weighted by atomic mass is 35.5. The first-order valence-electron chi connectivity index (χ1n) is 5.31. The molecule has 0 radical (unpaired) electrons. The summed E-state index contributed by atoms with van der Waals surface area (Å²) in [5.41, 5.74) is 0. The van der Waals surface area contributed by atoms with Crippen LogP contribution < -0.4 is 0 Å². The summed E-state index contributed by atoms with van der Waals surface area (Å²) in [6, 6.07) is 0. The largest absolute Gasteiger partial charge is 0.459 e. The lowest BCUT2D eigenvalue weighted by molar-refractivity contribution is -0.468. The van der Waals surface area contributed by atoms with Crippen molar-refractivity contribution < 1.29 is 66.2 Å². The maximum atomic E-state index is 14.0. The van der Waals surface area contributed by atoms with Crippen molar-refractivity contribution in [1.29, 1.82) is 0 Å². The molecule has 0 aliphatic rings. The van der Waals surface area contributed by atoms with Crippen LogP contribution >= 0.6 is 46.4 Å². The average molecular weight is 520 g/mol. The van der Waals surface area contributed by atoms with Crippen molar-refractivity contribution in [3.05, 3.63) is 0 Å². The molecule has 0 saturated carbocycles. The Morgan fingerprint density at radius 2 is 0.815 bits per heavy atom. The van der Waals surface area contributed by atoms with Crippen molar-refractivity contribution >= 4 is 46.4 Å².